The molecule has 0 heterocycles. The van der Waals surface area contributed by atoms with Crippen molar-refractivity contribution < 1.29 is 9.90 Å². The van der Waals surface area contributed by atoms with E-state index in [0.29, 0.717) is 0 Å². The molecule has 1 aliphatic rings. The highest BCUT2D eigenvalue weighted by atomic mass is 16.4. The van der Waals surface area contributed by atoms with Crippen molar-refractivity contribution in [1.29, 1.82) is 0 Å². The van der Waals surface area contributed by atoms with Crippen LogP contribution in [-0.2, 0) is 16.6 Å². The normalized spacial score (nSPS) is 18.2. The van der Waals surface area contributed by atoms with Crippen LogP contribution in [0, 0.1) is 6.92 Å². The molecule has 0 bridgehead atoms. The number of carbonyl (C=O) groups is 1. The molecule has 1 aromatic rings. The van der Waals surface area contributed by atoms with Gasteiger partial charge in [0, 0.05) is 0 Å². The molecule has 0 radical (unpaired) electrons. The number of carboxylic acid groups (broad SMARTS) is 1. The molecule has 0 aromatic heterocycles. The summed E-state index contributed by atoms with van der Waals surface area (Å²) in [7, 11) is 0. The van der Waals surface area contributed by atoms with Crippen LogP contribution < -0.4 is 0 Å². The predicted octanol–water partition coefficient (Wildman–Crippen LogP) is 3.45. The average molecular weight is 232 g/mol. The lowest BCUT2D eigenvalue weighted by atomic mass is 9.76. The summed E-state index contributed by atoms with van der Waals surface area (Å²) in [5.74, 6) is -0.647. The van der Waals surface area contributed by atoms with E-state index in [2.05, 4.69) is 25.1 Å². The minimum Gasteiger partial charge on any atom is -0.481 e. The Bertz CT molecular complexity index is 429. The smallest absolute Gasteiger partial charge is 0.314 e. The second-order valence-electron chi connectivity index (χ2n) is 5.10. The Hall–Kier alpha value is -1.31. The maximum absolute atomic E-state index is 11.7. The molecule has 0 saturated heterocycles. The molecule has 2 rings (SSSR count). The third-order valence-electron chi connectivity index (χ3n) is 4.09. The van der Waals surface area contributed by atoms with Crippen molar-refractivity contribution in [2.45, 2.75) is 51.4 Å². The summed E-state index contributed by atoms with van der Waals surface area (Å²) in [6.45, 7) is 4.13. The minimum atomic E-state index is -0.647. The first-order chi connectivity index (χ1) is 8.10. The number of hydrogen-bond donors (Lipinski definition) is 1. The van der Waals surface area contributed by atoms with Gasteiger partial charge < -0.3 is 5.11 Å². The molecular weight excluding hydrogens is 212 g/mol. The summed E-state index contributed by atoms with van der Waals surface area (Å²) in [5.41, 5.74) is 2.78. The summed E-state index contributed by atoms with van der Waals surface area (Å²) in [4.78, 5) is 11.7. The molecule has 0 aliphatic heterocycles. The van der Waals surface area contributed by atoms with Gasteiger partial charge in [-0.3, -0.25) is 4.79 Å². The lowest BCUT2D eigenvalue weighted by Gasteiger charge is -2.26. The SMILES string of the molecule is CCc1ccc(C)c(C2(C(=O)O)CCCC2)c1. The first-order valence-electron chi connectivity index (χ1n) is 6.43. The van der Waals surface area contributed by atoms with Gasteiger partial charge in [-0.25, -0.2) is 0 Å². The maximum atomic E-state index is 11.7. The van der Waals surface area contributed by atoms with E-state index in [-0.39, 0.29) is 0 Å². The Morgan fingerprint density at radius 2 is 2.00 bits per heavy atom. The second kappa shape index (κ2) is 4.52. The lowest BCUT2D eigenvalue weighted by molar-refractivity contribution is -0.143. The largest absolute Gasteiger partial charge is 0.481 e. The number of benzene rings is 1. The molecular formula is C15H20O2. The summed E-state index contributed by atoms with van der Waals surface area (Å²) < 4.78 is 0. The zero-order valence-corrected chi connectivity index (χ0v) is 10.6. The Balaban J connectivity index is 2.53. The monoisotopic (exact) mass is 232 g/mol. The van der Waals surface area contributed by atoms with Crippen LogP contribution >= 0.6 is 0 Å². The Kier molecular flexibility index (Phi) is 3.23. The number of aliphatic carboxylic acids is 1. The minimum absolute atomic E-state index is 0.616. The quantitative estimate of drug-likeness (QED) is 0.866. The standard InChI is InChI=1S/C15H20O2/c1-3-12-7-6-11(2)13(10-12)15(14(16)17)8-4-5-9-15/h6-7,10H,3-5,8-9H2,1-2H3,(H,16,17). The van der Waals surface area contributed by atoms with Gasteiger partial charge in [-0.1, -0.05) is 38.0 Å². The van der Waals surface area contributed by atoms with E-state index in [0.717, 1.165) is 43.2 Å². The fraction of sp³-hybridized carbons (Fsp3) is 0.533. The van der Waals surface area contributed by atoms with Crippen LogP contribution in [0.1, 0.15) is 49.3 Å². The van der Waals surface area contributed by atoms with E-state index in [9.17, 15) is 9.90 Å². The molecule has 17 heavy (non-hydrogen) atoms. The van der Waals surface area contributed by atoms with Gasteiger partial charge in [0.25, 0.3) is 0 Å². The highest BCUT2D eigenvalue weighted by molar-refractivity contribution is 5.82. The van der Waals surface area contributed by atoms with Gasteiger partial charge in [0.05, 0.1) is 5.41 Å². The average Bonchev–Trinajstić information content (AvgIpc) is 2.80. The molecule has 92 valence electrons. The zero-order chi connectivity index (χ0) is 12.5. The van der Waals surface area contributed by atoms with Gasteiger partial charge in [0.2, 0.25) is 0 Å². The number of carboxylic acids is 1. The maximum Gasteiger partial charge on any atom is 0.314 e. The highest BCUT2D eigenvalue weighted by Crippen LogP contribution is 2.42. The van der Waals surface area contributed by atoms with Crippen LogP contribution in [0.3, 0.4) is 0 Å². The van der Waals surface area contributed by atoms with Crippen molar-refractivity contribution in [3.05, 3.63) is 34.9 Å². The molecule has 1 aromatic carbocycles. The number of rotatable bonds is 3. The number of aryl methyl sites for hydroxylation is 2. The number of hydrogen-bond acceptors (Lipinski definition) is 1. The Morgan fingerprint density at radius 3 is 2.53 bits per heavy atom. The second-order valence-corrected chi connectivity index (χ2v) is 5.10. The molecule has 0 spiro atoms. The van der Waals surface area contributed by atoms with Crippen LogP contribution in [0.5, 0.6) is 0 Å². The molecule has 1 saturated carbocycles. The first kappa shape index (κ1) is 12.2. The summed E-state index contributed by atoms with van der Waals surface area (Å²) >= 11 is 0. The van der Waals surface area contributed by atoms with Crippen molar-refractivity contribution >= 4 is 5.97 Å². The molecule has 2 nitrogen and oxygen atoms in total. The molecule has 0 atom stereocenters. The van der Waals surface area contributed by atoms with E-state index in [1.165, 1.54) is 5.56 Å². The topological polar surface area (TPSA) is 37.3 Å². The van der Waals surface area contributed by atoms with Crippen LogP contribution in [0.2, 0.25) is 0 Å². The third-order valence-corrected chi connectivity index (χ3v) is 4.09. The Labute approximate surface area is 103 Å². The van der Waals surface area contributed by atoms with E-state index in [1.54, 1.807) is 0 Å². The van der Waals surface area contributed by atoms with E-state index >= 15 is 0 Å². The third kappa shape index (κ3) is 1.97. The molecule has 1 fully saturated rings. The lowest BCUT2D eigenvalue weighted by Crippen LogP contribution is -2.33. The summed E-state index contributed by atoms with van der Waals surface area (Å²) in [6, 6.07) is 6.27. The van der Waals surface area contributed by atoms with Crippen molar-refractivity contribution in [3.8, 4) is 0 Å². The Morgan fingerprint density at radius 1 is 1.35 bits per heavy atom. The van der Waals surface area contributed by atoms with Gasteiger partial charge in [-0.2, -0.15) is 0 Å². The van der Waals surface area contributed by atoms with Crippen LogP contribution in [0.25, 0.3) is 0 Å². The van der Waals surface area contributed by atoms with E-state index < -0.39 is 11.4 Å². The molecule has 0 unspecified atom stereocenters. The van der Waals surface area contributed by atoms with Crippen molar-refractivity contribution in [1.82, 2.24) is 0 Å². The van der Waals surface area contributed by atoms with Gasteiger partial charge >= 0.3 is 5.97 Å². The summed E-state index contributed by atoms with van der Waals surface area (Å²) in [5, 5.41) is 9.61. The van der Waals surface area contributed by atoms with Crippen LogP contribution in [-0.4, -0.2) is 11.1 Å². The summed E-state index contributed by atoms with van der Waals surface area (Å²) in [6.07, 6.45) is 4.60. The van der Waals surface area contributed by atoms with E-state index in [4.69, 9.17) is 0 Å². The zero-order valence-electron chi connectivity index (χ0n) is 10.6. The molecule has 2 heteroatoms. The van der Waals surface area contributed by atoms with Crippen molar-refractivity contribution in [2.24, 2.45) is 0 Å². The van der Waals surface area contributed by atoms with Gasteiger partial charge in [-0.15, -0.1) is 0 Å². The fourth-order valence-corrected chi connectivity index (χ4v) is 2.98. The van der Waals surface area contributed by atoms with Gasteiger partial charge in [-0.05, 0) is 42.9 Å². The predicted molar refractivity (Wildman–Crippen MR) is 68.3 cm³/mol. The van der Waals surface area contributed by atoms with E-state index in [1.807, 2.05) is 6.92 Å². The van der Waals surface area contributed by atoms with Crippen LogP contribution in [0.15, 0.2) is 18.2 Å². The van der Waals surface area contributed by atoms with Crippen molar-refractivity contribution in [3.63, 3.8) is 0 Å². The first-order valence-corrected chi connectivity index (χ1v) is 6.43. The molecule has 1 N–H and O–H groups in total. The van der Waals surface area contributed by atoms with Crippen LogP contribution in [0.4, 0.5) is 0 Å². The molecule has 1 aliphatic carbocycles. The fourth-order valence-electron chi connectivity index (χ4n) is 2.98. The molecule has 0 amide bonds. The van der Waals surface area contributed by atoms with Crippen molar-refractivity contribution in [2.75, 3.05) is 0 Å². The van der Waals surface area contributed by atoms with Gasteiger partial charge in [0.1, 0.15) is 0 Å². The van der Waals surface area contributed by atoms with Gasteiger partial charge in [0.15, 0.2) is 0 Å². The highest BCUT2D eigenvalue weighted by Gasteiger charge is 2.43.